The normalized spacial score (nSPS) is 21.6. The topological polar surface area (TPSA) is 45.9 Å². The van der Waals surface area contributed by atoms with Gasteiger partial charge in [-0.15, -0.1) is 0 Å². The molecular formula is C26H28F2N2O3. The van der Waals surface area contributed by atoms with E-state index in [4.69, 9.17) is 9.15 Å². The summed E-state index contributed by atoms with van der Waals surface area (Å²) < 4.78 is 39.2. The van der Waals surface area contributed by atoms with Crippen LogP contribution in [-0.2, 0) is 6.54 Å². The van der Waals surface area contributed by atoms with Crippen LogP contribution in [0.25, 0.3) is 11.0 Å². The average molecular weight is 455 g/mol. The molecular weight excluding hydrogens is 426 g/mol. The Hall–Kier alpha value is -2.93. The number of halogens is 2. The van der Waals surface area contributed by atoms with E-state index in [1.807, 2.05) is 23.1 Å². The van der Waals surface area contributed by atoms with Crippen molar-refractivity contribution in [2.75, 3.05) is 26.7 Å². The van der Waals surface area contributed by atoms with E-state index >= 15 is 0 Å². The summed E-state index contributed by atoms with van der Waals surface area (Å²) in [6.07, 6.45) is 4.63. The van der Waals surface area contributed by atoms with E-state index in [9.17, 15) is 13.6 Å². The molecule has 5 rings (SSSR count). The molecule has 0 radical (unpaired) electrons. The molecule has 0 unspecified atom stereocenters. The van der Waals surface area contributed by atoms with Gasteiger partial charge in [-0.1, -0.05) is 12.1 Å². The van der Waals surface area contributed by atoms with Crippen molar-refractivity contribution in [2.45, 2.75) is 44.2 Å². The summed E-state index contributed by atoms with van der Waals surface area (Å²) in [6.45, 7) is 2.50. The zero-order chi connectivity index (χ0) is 23.0. The summed E-state index contributed by atoms with van der Waals surface area (Å²) in [4.78, 5) is 17.4. The molecule has 2 aliphatic rings. The van der Waals surface area contributed by atoms with Crippen LogP contribution in [0.2, 0.25) is 0 Å². The van der Waals surface area contributed by atoms with Crippen LogP contribution in [-0.4, -0.2) is 48.0 Å². The minimum atomic E-state index is -0.417. The Morgan fingerprint density at radius 1 is 1.06 bits per heavy atom. The molecule has 3 aromatic rings. The smallest absolute Gasteiger partial charge is 0.289 e. The van der Waals surface area contributed by atoms with Gasteiger partial charge in [0, 0.05) is 36.1 Å². The van der Waals surface area contributed by atoms with Gasteiger partial charge < -0.3 is 14.1 Å². The van der Waals surface area contributed by atoms with Crippen LogP contribution in [0.3, 0.4) is 0 Å². The molecule has 2 aliphatic heterocycles. The number of hydrogen-bond donors (Lipinski definition) is 0. The number of ether oxygens (including phenoxy) is 1. The van der Waals surface area contributed by atoms with E-state index in [1.54, 1.807) is 13.2 Å². The lowest BCUT2D eigenvalue weighted by Gasteiger charge is -2.38. The first kappa shape index (κ1) is 21.9. The standard InChI is InChI=1S/C26H28F2N2O3/c1-32-22-6-2-5-18-16-23(33-24(18)22)25(31)29-12-3-9-26(11-14-29)10-4-13-30(26)17-19-15-20(27)7-8-21(19)28/h2,5-8,15-16H,3-4,9-14,17H2,1H3/t26-/m0/s1. The van der Waals surface area contributed by atoms with E-state index in [2.05, 4.69) is 4.90 Å². The second-order valence-electron chi connectivity index (χ2n) is 9.12. The molecule has 0 saturated carbocycles. The van der Waals surface area contributed by atoms with E-state index in [-0.39, 0.29) is 17.3 Å². The molecule has 1 aromatic heterocycles. The number of benzene rings is 2. The fraction of sp³-hybridized carbons (Fsp3) is 0.423. The lowest BCUT2D eigenvalue weighted by atomic mass is 9.87. The zero-order valence-electron chi connectivity index (χ0n) is 18.8. The third-order valence-electron chi connectivity index (χ3n) is 7.25. The van der Waals surface area contributed by atoms with Gasteiger partial charge in [0.05, 0.1) is 7.11 Å². The number of carbonyl (C=O) groups is 1. The number of rotatable bonds is 4. The molecule has 174 valence electrons. The monoisotopic (exact) mass is 454 g/mol. The molecule has 0 bridgehead atoms. The molecule has 7 heteroatoms. The minimum Gasteiger partial charge on any atom is -0.493 e. The van der Waals surface area contributed by atoms with Crippen LogP contribution in [0.4, 0.5) is 8.78 Å². The Morgan fingerprint density at radius 2 is 1.88 bits per heavy atom. The Morgan fingerprint density at radius 3 is 2.70 bits per heavy atom. The minimum absolute atomic E-state index is 0.0924. The molecule has 2 aromatic carbocycles. The second kappa shape index (κ2) is 8.78. The van der Waals surface area contributed by atoms with Gasteiger partial charge >= 0.3 is 0 Å². The molecule has 1 spiro atoms. The summed E-state index contributed by atoms with van der Waals surface area (Å²) >= 11 is 0. The maximum Gasteiger partial charge on any atom is 0.289 e. The van der Waals surface area contributed by atoms with Crippen molar-refractivity contribution >= 4 is 16.9 Å². The highest BCUT2D eigenvalue weighted by Gasteiger charge is 2.42. The predicted molar refractivity (Wildman–Crippen MR) is 121 cm³/mol. The highest BCUT2D eigenvalue weighted by atomic mass is 19.1. The maximum absolute atomic E-state index is 14.3. The first-order chi connectivity index (χ1) is 16.0. The highest BCUT2D eigenvalue weighted by molar-refractivity contribution is 5.97. The van der Waals surface area contributed by atoms with Gasteiger partial charge in [0.2, 0.25) is 0 Å². The van der Waals surface area contributed by atoms with Crippen molar-refractivity contribution in [1.29, 1.82) is 0 Å². The third kappa shape index (κ3) is 4.10. The summed E-state index contributed by atoms with van der Waals surface area (Å²) in [5, 5.41) is 0.836. The number of nitrogens with zero attached hydrogens (tertiary/aromatic N) is 2. The van der Waals surface area contributed by atoms with Crippen molar-refractivity contribution < 1.29 is 22.7 Å². The number of carbonyl (C=O) groups excluding carboxylic acids is 1. The van der Waals surface area contributed by atoms with Gasteiger partial charge in [0.15, 0.2) is 17.1 Å². The molecule has 3 heterocycles. The number of fused-ring (bicyclic) bond motifs is 1. The average Bonchev–Trinajstić information content (AvgIpc) is 3.35. The van der Waals surface area contributed by atoms with Gasteiger partial charge in [0.25, 0.3) is 5.91 Å². The van der Waals surface area contributed by atoms with Crippen LogP contribution in [0, 0.1) is 11.6 Å². The molecule has 1 atom stereocenters. The molecule has 0 N–H and O–H groups in total. The zero-order valence-corrected chi connectivity index (χ0v) is 18.8. The van der Waals surface area contributed by atoms with Gasteiger partial charge in [-0.2, -0.15) is 0 Å². The maximum atomic E-state index is 14.3. The summed E-state index contributed by atoms with van der Waals surface area (Å²) in [7, 11) is 1.58. The summed E-state index contributed by atoms with van der Waals surface area (Å²) in [5.41, 5.74) is 0.878. The molecule has 5 nitrogen and oxygen atoms in total. The van der Waals surface area contributed by atoms with Crippen LogP contribution >= 0.6 is 0 Å². The van der Waals surface area contributed by atoms with Gasteiger partial charge in [-0.3, -0.25) is 9.69 Å². The fourth-order valence-corrected chi connectivity index (χ4v) is 5.52. The Kier molecular flexibility index (Phi) is 5.83. The van der Waals surface area contributed by atoms with Crippen LogP contribution in [0.1, 0.15) is 48.2 Å². The Bertz CT molecular complexity index is 1180. The molecule has 1 amide bonds. The van der Waals surface area contributed by atoms with Crippen molar-refractivity contribution in [1.82, 2.24) is 9.80 Å². The van der Waals surface area contributed by atoms with Crippen molar-refractivity contribution in [3.05, 3.63) is 65.4 Å². The largest absolute Gasteiger partial charge is 0.493 e. The number of furan rings is 1. The number of methoxy groups -OCH3 is 1. The van der Waals surface area contributed by atoms with Gasteiger partial charge in [0.1, 0.15) is 11.6 Å². The van der Waals surface area contributed by atoms with Crippen LogP contribution < -0.4 is 4.74 Å². The van der Waals surface area contributed by atoms with E-state index in [0.29, 0.717) is 42.3 Å². The lowest BCUT2D eigenvalue weighted by molar-refractivity contribution is 0.0709. The number of amides is 1. The number of likely N-dealkylation sites (tertiary alicyclic amines) is 2. The third-order valence-corrected chi connectivity index (χ3v) is 7.25. The highest BCUT2D eigenvalue weighted by Crippen LogP contribution is 2.40. The lowest BCUT2D eigenvalue weighted by Crippen LogP contribution is -2.44. The van der Waals surface area contributed by atoms with E-state index in [1.165, 1.54) is 12.1 Å². The quantitative estimate of drug-likeness (QED) is 0.531. The SMILES string of the molecule is COc1cccc2cc(C(=O)N3CCC[C@]4(CCCN4Cc4cc(F)ccc4F)CC3)oc12. The predicted octanol–water partition coefficient (Wildman–Crippen LogP) is 5.38. The molecule has 0 aliphatic carbocycles. The molecule has 2 fully saturated rings. The Balaban J connectivity index is 1.32. The van der Waals surface area contributed by atoms with Gasteiger partial charge in [-0.25, -0.2) is 8.78 Å². The second-order valence-corrected chi connectivity index (χ2v) is 9.12. The van der Waals surface area contributed by atoms with Crippen molar-refractivity contribution in [2.24, 2.45) is 0 Å². The number of para-hydroxylation sites is 1. The number of hydrogen-bond acceptors (Lipinski definition) is 4. The Labute approximate surface area is 191 Å². The van der Waals surface area contributed by atoms with Gasteiger partial charge in [-0.05, 0) is 69.0 Å². The summed E-state index contributed by atoms with van der Waals surface area (Å²) in [6, 6.07) is 11.0. The fourth-order valence-electron chi connectivity index (χ4n) is 5.52. The van der Waals surface area contributed by atoms with E-state index < -0.39 is 5.82 Å². The molecule has 33 heavy (non-hydrogen) atoms. The first-order valence-electron chi connectivity index (χ1n) is 11.5. The summed E-state index contributed by atoms with van der Waals surface area (Å²) in [5.74, 6) is 0.0121. The van der Waals surface area contributed by atoms with Crippen molar-refractivity contribution in [3.63, 3.8) is 0 Å². The van der Waals surface area contributed by atoms with E-state index in [0.717, 1.165) is 50.1 Å². The van der Waals surface area contributed by atoms with Crippen molar-refractivity contribution in [3.8, 4) is 5.75 Å². The molecule has 2 saturated heterocycles. The van der Waals surface area contributed by atoms with Crippen LogP contribution in [0.5, 0.6) is 5.75 Å². The first-order valence-corrected chi connectivity index (χ1v) is 11.5. The van der Waals surface area contributed by atoms with Crippen LogP contribution in [0.15, 0.2) is 46.9 Å².